The van der Waals surface area contributed by atoms with Crippen molar-refractivity contribution in [3.8, 4) is 0 Å². The van der Waals surface area contributed by atoms with Crippen molar-refractivity contribution in [3.63, 3.8) is 0 Å². The van der Waals surface area contributed by atoms with Gasteiger partial charge < -0.3 is 54.4 Å². The Balaban J connectivity index is 2.56. The molecule has 0 aromatic carbocycles. The third-order valence-electron chi connectivity index (χ3n) is 11.8. The molecule has 1 fully saturated rings. The van der Waals surface area contributed by atoms with Gasteiger partial charge in [0, 0.05) is 12.8 Å². The smallest absolute Gasteiger partial charge is 0.462 e. The van der Waals surface area contributed by atoms with Crippen LogP contribution in [-0.2, 0) is 46.5 Å². The predicted molar refractivity (Wildman–Crippen MR) is 267 cm³/mol. The summed E-state index contributed by atoms with van der Waals surface area (Å²) in [4.78, 5) is 53.9. The molecule has 1 saturated carbocycles. The van der Waals surface area contributed by atoms with Crippen LogP contribution < -0.4 is 0 Å². The van der Waals surface area contributed by atoms with Gasteiger partial charge >= 0.3 is 27.6 Å². The van der Waals surface area contributed by atoms with Crippen molar-refractivity contribution in [2.24, 2.45) is 0 Å². The number of hydrogen-bond donors (Lipinski definition) is 8. The summed E-state index contributed by atoms with van der Waals surface area (Å²) in [6.45, 7) is 2.38. The highest BCUT2D eigenvalue weighted by atomic mass is 31.2. The van der Waals surface area contributed by atoms with Crippen molar-refractivity contribution < 1.29 is 86.7 Å². The number of esters is 2. The number of carbonyl (C=O) groups excluding carboxylic acids is 2. The number of allylic oxidation sites excluding steroid dienone is 6. The number of ether oxygens (including phenoxy) is 3. The van der Waals surface area contributed by atoms with Crippen molar-refractivity contribution in [3.05, 3.63) is 36.5 Å². The second kappa shape index (κ2) is 41.5. The number of carbonyl (C=O) groups is 2. The van der Waals surface area contributed by atoms with Gasteiger partial charge in [-0.3, -0.25) is 23.2 Å². The molecule has 1 aliphatic carbocycles. The largest absolute Gasteiger partial charge is 0.472 e. The first-order chi connectivity index (χ1) is 33.5. The summed E-state index contributed by atoms with van der Waals surface area (Å²) < 4.78 is 54.3. The van der Waals surface area contributed by atoms with Gasteiger partial charge in [-0.05, 0) is 51.4 Å². The normalized spacial score (nSPS) is 21.7. The fraction of sp³-hybridized carbons (Fsp3) is 0.840. The maximum absolute atomic E-state index is 12.8. The lowest BCUT2D eigenvalue weighted by Crippen LogP contribution is -2.64. The van der Waals surface area contributed by atoms with Crippen LogP contribution in [0.2, 0.25) is 0 Å². The van der Waals surface area contributed by atoms with E-state index < -0.39 is 89.6 Å². The van der Waals surface area contributed by atoms with Gasteiger partial charge in [0.05, 0.1) is 19.8 Å². The highest BCUT2D eigenvalue weighted by Gasteiger charge is 2.54. The van der Waals surface area contributed by atoms with Crippen molar-refractivity contribution in [1.82, 2.24) is 0 Å². The molecule has 0 amide bonds. The number of rotatable bonds is 45. The summed E-state index contributed by atoms with van der Waals surface area (Å²) >= 11 is 0. The Morgan fingerprint density at radius 3 is 1.44 bits per heavy atom. The standard InChI is InChI=1S/C50H92O18P2/c1-3-5-7-9-11-13-15-17-19-20-22-24-26-28-30-32-34-36-44(53)66-42(40-64-43(52)35-33-31-29-27-25-23-21-18-16-14-12-10-8-6-4-2)39-63-37-41(51)38-65-70(61,62)68-50-47(56)45(54)46(55)49(48(50)57)67-69(58,59)60/h11,13,17,19,22,24,41-42,45-51,54-57H,3-10,12,14-16,18,20-21,23,25-40H2,1-2H3,(H,61,62)(H2,58,59,60)/t41-,42+,45?,46?,47?,48?,49-,50+/m1/s1. The van der Waals surface area contributed by atoms with E-state index in [9.17, 15) is 49.1 Å². The molecule has 0 heterocycles. The van der Waals surface area contributed by atoms with Crippen LogP contribution in [0.1, 0.15) is 194 Å². The van der Waals surface area contributed by atoms with E-state index in [-0.39, 0.29) is 26.1 Å². The van der Waals surface area contributed by atoms with E-state index in [0.29, 0.717) is 12.8 Å². The molecule has 0 bridgehead atoms. The summed E-state index contributed by atoms with van der Waals surface area (Å²) in [7, 11) is -10.6. The van der Waals surface area contributed by atoms with Crippen molar-refractivity contribution in [2.75, 3.05) is 26.4 Å². The summed E-state index contributed by atoms with van der Waals surface area (Å²) in [6, 6.07) is 0. The number of unbranched alkanes of at least 4 members (excludes halogenated alkanes) is 21. The topological polar surface area (TPSA) is 285 Å². The van der Waals surface area contributed by atoms with Gasteiger partial charge in [0.1, 0.15) is 49.3 Å². The molecule has 18 nitrogen and oxygen atoms in total. The van der Waals surface area contributed by atoms with Crippen LogP contribution >= 0.6 is 15.6 Å². The van der Waals surface area contributed by atoms with Crippen molar-refractivity contribution >= 4 is 27.6 Å². The number of phosphoric ester groups is 2. The average Bonchev–Trinajstić information content (AvgIpc) is 3.31. The second-order valence-corrected chi connectivity index (χ2v) is 21.0. The Morgan fingerprint density at radius 2 is 0.929 bits per heavy atom. The molecule has 20 heteroatoms. The lowest BCUT2D eigenvalue weighted by atomic mass is 9.85. The van der Waals surface area contributed by atoms with Crippen LogP contribution in [0.4, 0.5) is 0 Å². The number of hydrogen-bond acceptors (Lipinski definition) is 15. The molecule has 1 aliphatic rings. The molecule has 0 aliphatic heterocycles. The first-order valence-corrected chi connectivity index (χ1v) is 29.2. The summed E-state index contributed by atoms with van der Waals surface area (Å²) in [5.41, 5.74) is 0. The van der Waals surface area contributed by atoms with E-state index in [1.807, 2.05) is 0 Å². The Kier molecular flexibility index (Phi) is 39.2. The van der Waals surface area contributed by atoms with E-state index in [2.05, 4.69) is 54.8 Å². The highest BCUT2D eigenvalue weighted by Crippen LogP contribution is 2.48. The van der Waals surface area contributed by atoms with E-state index >= 15 is 0 Å². The van der Waals surface area contributed by atoms with Gasteiger partial charge in [0.15, 0.2) is 6.10 Å². The minimum atomic E-state index is -5.36. The van der Waals surface area contributed by atoms with Crippen LogP contribution in [0.15, 0.2) is 36.5 Å². The van der Waals surface area contributed by atoms with Gasteiger partial charge in [-0.2, -0.15) is 0 Å². The SMILES string of the molecule is CCCCCC=CCC=CCC=CCCCCCCC(=O)O[C@@H](COC[C@@H](O)COP(=O)(O)O[C@H]1C(O)C(O)C(O)[C@@H](OP(=O)(O)O)C1O)COC(=O)CCCCCCCCCCCCCCCCC. The fourth-order valence-corrected chi connectivity index (χ4v) is 9.32. The third kappa shape index (κ3) is 35.3. The van der Waals surface area contributed by atoms with Gasteiger partial charge in [-0.25, -0.2) is 9.13 Å². The van der Waals surface area contributed by atoms with E-state index in [0.717, 1.165) is 64.2 Å². The summed E-state index contributed by atoms with van der Waals surface area (Å²) in [5.74, 6) is -0.969. The molecule has 0 saturated heterocycles. The van der Waals surface area contributed by atoms with E-state index in [1.165, 1.54) is 89.9 Å². The quantitative estimate of drug-likeness (QED) is 0.0122. The van der Waals surface area contributed by atoms with Crippen LogP contribution in [0.3, 0.4) is 0 Å². The monoisotopic (exact) mass is 1040 g/mol. The molecule has 1 rings (SSSR count). The Morgan fingerprint density at radius 1 is 0.500 bits per heavy atom. The maximum Gasteiger partial charge on any atom is 0.472 e. The number of aliphatic hydroxyl groups excluding tert-OH is 5. The molecule has 5 unspecified atom stereocenters. The van der Waals surface area contributed by atoms with Crippen LogP contribution in [0.25, 0.3) is 0 Å². The van der Waals surface area contributed by atoms with Gasteiger partial charge in [-0.1, -0.05) is 166 Å². The Bertz CT molecular complexity index is 1510. The first kappa shape index (κ1) is 66.2. The van der Waals surface area contributed by atoms with E-state index in [4.69, 9.17) is 33.0 Å². The summed E-state index contributed by atoms with van der Waals surface area (Å²) in [6.07, 6.45) is 26.3. The van der Waals surface area contributed by atoms with Gasteiger partial charge in [0.2, 0.25) is 0 Å². The van der Waals surface area contributed by atoms with Crippen LogP contribution in [-0.4, -0.2) is 127 Å². The molecular weight excluding hydrogens is 950 g/mol. The molecule has 70 heavy (non-hydrogen) atoms. The number of aliphatic hydroxyl groups is 5. The molecule has 0 aromatic rings. The Labute approximate surface area is 418 Å². The molecule has 9 atom stereocenters. The average molecular weight is 1040 g/mol. The van der Waals surface area contributed by atoms with Crippen LogP contribution in [0, 0.1) is 0 Å². The zero-order valence-electron chi connectivity index (χ0n) is 42.3. The molecular formula is C50H92O18P2. The molecule has 0 radical (unpaired) electrons. The minimum absolute atomic E-state index is 0.131. The van der Waals surface area contributed by atoms with Gasteiger partial charge in [-0.15, -0.1) is 0 Å². The molecule has 0 aromatic heterocycles. The minimum Gasteiger partial charge on any atom is -0.462 e. The molecule has 0 spiro atoms. The van der Waals surface area contributed by atoms with E-state index in [1.54, 1.807) is 0 Å². The zero-order valence-corrected chi connectivity index (χ0v) is 44.1. The summed E-state index contributed by atoms with van der Waals surface area (Å²) in [5, 5.41) is 51.3. The lowest BCUT2D eigenvalue weighted by Gasteiger charge is -2.43. The van der Waals surface area contributed by atoms with Crippen molar-refractivity contribution in [1.29, 1.82) is 0 Å². The Hall–Kier alpha value is -1.86. The maximum atomic E-state index is 12.8. The fourth-order valence-electron chi connectivity index (χ4n) is 7.77. The van der Waals surface area contributed by atoms with Crippen LogP contribution in [0.5, 0.6) is 0 Å². The van der Waals surface area contributed by atoms with Crippen molar-refractivity contribution in [2.45, 2.75) is 242 Å². The van der Waals surface area contributed by atoms with Gasteiger partial charge in [0.25, 0.3) is 0 Å². The zero-order chi connectivity index (χ0) is 51.9. The predicted octanol–water partition coefficient (Wildman–Crippen LogP) is 8.89. The lowest BCUT2D eigenvalue weighted by molar-refractivity contribution is -0.216. The molecule has 410 valence electrons. The third-order valence-corrected chi connectivity index (χ3v) is 13.3. The number of phosphoric acid groups is 2. The first-order valence-electron chi connectivity index (χ1n) is 26.2. The second-order valence-electron chi connectivity index (χ2n) is 18.4. The molecule has 8 N–H and O–H groups in total. The highest BCUT2D eigenvalue weighted by molar-refractivity contribution is 7.47.